The first kappa shape index (κ1) is 13.9. The first-order valence-electron chi connectivity index (χ1n) is 6.84. The minimum Gasteiger partial charge on any atom is -0.348 e. The van der Waals surface area contributed by atoms with Gasteiger partial charge in [-0.2, -0.15) is 5.10 Å². The fourth-order valence-corrected chi connectivity index (χ4v) is 2.17. The maximum Gasteiger partial charge on any atom is 0.251 e. The lowest BCUT2D eigenvalue weighted by Gasteiger charge is -2.07. The van der Waals surface area contributed by atoms with Crippen molar-refractivity contribution in [3.8, 4) is 11.3 Å². The quantitative estimate of drug-likeness (QED) is 0.796. The van der Waals surface area contributed by atoms with Crippen LogP contribution in [-0.2, 0) is 13.6 Å². The molecule has 3 aromatic heterocycles. The zero-order valence-electron chi connectivity index (χ0n) is 12.1. The van der Waals surface area contributed by atoms with Crippen LogP contribution in [0.15, 0.2) is 55.2 Å². The zero-order valence-corrected chi connectivity index (χ0v) is 12.1. The molecule has 0 aliphatic heterocycles. The summed E-state index contributed by atoms with van der Waals surface area (Å²) in [6.07, 6.45) is 8.46. The molecule has 0 bridgehead atoms. The van der Waals surface area contributed by atoms with Gasteiger partial charge in [0.25, 0.3) is 5.91 Å². The summed E-state index contributed by atoms with van der Waals surface area (Å²) >= 11 is 0. The van der Waals surface area contributed by atoms with Gasteiger partial charge < -0.3 is 5.32 Å². The minimum atomic E-state index is -0.131. The van der Waals surface area contributed by atoms with Gasteiger partial charge in [0, 0.05) is 55.7 Å². The van der Waals surface area contributed by atoms with Crippen LogP contribution in [0.2, 0.25) is 0 Å². The van der Waals surface area contributed by atoms with E-state index in [1.807, 2.05) is 19.2 Å². The summed E-state index contributed by atoms with van der Waals surface area (Å²) in [5.41, 5.74) is 3.47. The van der Waals surface area contributed by atoms with Crippen LogP contribution in [0, 0.1) is 0 Å². The Hall–Kier alpha value is -3.02. The van der Waals surface area contributed by atoms with Crippen LogP contribution in [-0.4, -0.2) is 25.7 Å². The lowest BCUT2D eigenvalue weighted by Crippen LogP contribution is -2.22. The average Bonchev–Trinajstić information content (AvgIpc) is 3.00. The molecule has 0 unspecified atom stereocenters. The summed E-state index contributed by atoms with van der Waals surface area (Å²) in [6, 6.07) is 7.28. The molecule has 0 aliphatic rings. The summed E-state index contributed by atoms with van der Waals surface area (Å²) in [7, 11) is 1.88. The van der Waals surface area contributed by atoms with Gasteiger partial charge in [0.05, 0.1) is 5.69 Å². The average molecular weight is 293 g/mol. The predicted molar refractivity (Wildman–Crippen MR) is 81.8 cm³/mol. The highest BCUT2D eigenvalue weighted by Crippen LogP contribution is 2.18. The Labute approximate surface area is 127 Å². The normalized spacial score (nSPS) is 10.4. The predicted octanol–water partition coefficient (Wildman–Crippen LogP) is 1.81. The SMILES string of the molecule is Cn1nccc1-c1cncc(CNC(=O)c2ccncc2)c1. The second kappa shape index (κ2) is 6.17. The summed E-state index contributed by atoms with van der Waals surface area (Å²) < 4.78 is 1.79. The summed E-state index contributed by atoms with van der Waals surface area (Å²) in [5.74, 6) is -0.131. The fourth-order valence-electron chi connectivity index (χ4n) is 2.17. The maximum atomic E-state index is 12.0. The molecule has 6 nitrogen and oxygen atoms in total. The van der Waals surface area contributed by atoms with Gasteiger partial charge in [-0.05, 0) is 29.8 Å². The summed E-state index contributed by atoms with van der Waals surface area (Å²) in [5, 5.41) is 7.02. The topological polar surface area (TPSA) is 72.7 Å². The zero-order chi connectivity index (χ0) is 15.4. The molecule has 3 aromatic rings. The number of nitrogens with one attached hydrogen (secondary N) is 1. The van der Waals surface area contributed by atoms with Crippen molar-refractivity contribution in [2.75, 3.05) is 0 Å². The van der Waals surface area contributed by atoms with Gasteiger partial charge in [0.1, 0.15) is 0 Å². The van der Waals surface area contributed by atoms with Crippen LogP contribution in [0.25, 0.3) is 11.3 Å². The van der Waals surface area contributed by atoms with Crippen LogP contribution < -0.4 is 5.32 Å². The molecule has 22 heavy (non-hydrogen) atoms. The molecule has 0 saturated carbocycles. The number of nitrogens with zero attached hydrogens (tertiary/aromatic N) is 4. The number of amides is 1. The molecule has 0 fully saturated rings. The largest absolute Gasteiger partial charge is 0.348 e. The number of rotatable bonds is 4. The maximum absolute atomic E-state index is 12.0. The summed E-state index contributed by atoms with van der Waals surface area (Å²) in [6.45, 7) is 0.417. The van der Waals surface area contributed by atoms with Crippen molar-refractivity contribution >= 4 is 5.91 Å². The highest BCUT2D eigenvalue weighted by atomic mass is 16.1. The van der Waals surface area contributed by atoms with E-state index in [4.69, 9.17) is 0 Å². The van der Waals surface area contributed by atoms with Crippen molar-refractivity contribution in [2.24, 2.45) is 7.05 Å². The lowest BCUT2D eigenvalue weighted by atomic mass is 10.1. The minimum absolute atomic E-state index is 0.131. The molecule has 0 spiro atoms. The molecule has 6 heteroatoms. The van der Waals surface area contributed by atoms with Crippen LogP contribution >= 0.6 is 0 Å². The van der Waals surface area contributed by atoms with E-state index in [0.717, 1.165) is 16.8 Å². The van der Waals surface area contributed by atoms with Crippen LogP contribution in [0.3, 0.4) is 0 Å². The molecule has 3 rings (SSSR count). The van der Waals surface area contributed by atoms with Gasteiger partial charge in [-0.3, -0.25) is 19.4 Å². The third-order valence-corrected chi connectivity index (χ3v) is 3.31. The molecule has 0 radical (unpaired) electrons. The third-order valence-electron chi connectivity index (χ3n) is 3.31. The monoisotopic (exact) mass is 293 g/mol. The van der Waals surface area contributed by atoms with E-state index in [9.17, 15) is 4.79 Å². The molecule has 1 amide bonds. The number of aromatic nitrogens is 4. The van der Waals surface area contributed by atoms with Gasteiger partial charge in [0.15, 0.2) is 0 Å². The van der Waals surface area contributed by atoms with E-state index in [2.05, 4.69) is 20.4 Å². The molecule has 1 N–H and O–H groups in total. The van der Waals surface area contributed by atoms with Crippen LogP contribution in [0.5, 0.6) is 0 Å². The number of carbonyl (C=O) groups is 1. The Bertz CT molecular complexity index is 782. The molecule has 0 atom stereocenters. The fraction of sp³-hybridized carbons (Fsp3) is 0.125. The second-order valence-corrected chi connectivity index (χ2v) is 4.84. The molecule has 0 aliphatic carbocycles. The van der Waals surface area contributed by atoms with Gasteiger partial charge in [-0.25, -0.2) is 0 Å². The number of aryl methyl sites for hydroxylation is 1. The van der Waals surface area contributed by atoms with Gasteiger partial charge in [-0.1, -0.05) is 0 Å². The van der Waals surface area contributed by atoms with Crippen molar-refractivity contribution in [3.05, 3.63) is 66.4 Å². The van der Waals surface area contributed by atoms with Crippen molar-refractivity contribution in [3.63, 3.8) is 0 Å². The standard InChI is InChI=1S/C16H15N5O/c1-21-15(4-7-20-21)14-8-12(9-18-11-14)10-19-16(22)13-2-5-17-6-3-13/h2-9,11H,10H2,1H3,(H,19,22). The Morgan fingerprint density at radius 1 is 1.14 bits per heavy atom. The van der Waals surface area contributed by atoms with Crippen molar-refractivity contribution in [2.45, 2.75) is 6.54 Å². The van der Waals surface area contributed by atoms with Gasteiger partial charge in [-0.15, -0.1) is 0 Å². The van der Waals surface area contributed by atoms with E-state index in [1.54, 1.807) is 47.8 Å². The number of hydrogen-bond acceptors (Lipinski definition) is 4. The number of pyridine rings is 2. The second-order valence-electron chi connectivity index (χ2n) is 4.84. The molecule has 0 saturated heterocycles. The Morgan fingerprint density at radius 3 is 2.68 bits per heavy atom. The Balaban J connectivity index is 1.71. The van der Waals surface area contributed by atoms with Gasteiger partial charge >= 0.3 is 0 Å². The molecule has 110 valence electrons. The van der Waals surface area contributed by atoms with Crippen molar-refractivity contribution in [1.29, 1.82) is 0 Å². The first-order chi connectivity index (χ1) is 10.7. The first-order valence-corrected chi connectivity index (χ1v) is 6.84. The van der Waals surface area contributed by atoms with Crippen molar-refractivity contribution in [1.82, 2.24) is 25.1 Å². The Kier molecular flexibility index (Phi) is 3.91. The van der Waals surface area contributed by atoms with Crippen LogP contribution in [0.4, 0.5) is 0 Å². The van der Waals surface area contributed by atoms with Gasteiger partial charge in [0.2, 0.25) is 0 Å². The van der Waals surface area contributed by atoms with E-state index >= 15 is 0 Å². The smallest absolute Gasteiger partial charge is 0.251 e. The third kappa shape index (κ3) is 3.01. The highest BCUT2D eigenvalue weighted by Gasteiger charge is 2.07. The van der Waals surface area contributed by atoms with Crippen molar-refractivity contribution < 1.29 is 4.79 Å². The number of hydrogen-bond donors (Lipinski definition) is 1. The lowest BCUT2D eigenvalue weighted by molar-refractivity contribution is 0.0951. The van der Waals surface area contributed by atoms with Crippen LogP contribution in [0.1, 0.15) is 15.9 Å². The molecular formula is C16H15N5O. The van der Waals surface area contributed by atoms with E-state index in [1.165, 1.54) is 0 Å². The molecule has 0 aromatic carbocycles. The summed E-state index contributed by atoms with van der Waals surface area (Å²) in [4.78, 5) is 20.1. The van der Waals surface area contributed by atoms with E-state index < -0.39 is 0 Å². The van der Waals surface area contributed by atoms with E-state index in [-0.39, 0.29) is 5.91 Å². The number of carbonyl (C=O) groups excluding carboxylic acids is 1. The highest BCUT2D eigenvalue weighted by molar-refractivity contribution is 5.93. The van der Waals surface area contributed by atoms with E-state index in [0.29, 0.717) is 12.1 Å². The molecule has 3 heterocycles. The molecular weight excluding hydrogens is 278 g/mol. The Morgan fingerprint density at radius 2 is 1.95 bits per heavy atom.